The van der Waals surface area contributed by atoms with Crippen molar-refractivity contribution in [1.29, 1.82) is 0 Å². The lowest BCUT2D eigenvalue weighted by Gasteiger charge is -2.05. The van der Waals surface area contributed by atoms with Gasteiger partial charge in [0, 0.05) is 16.0 Å². The number of aliphatic hydroxyl groups is 1. The highest BCUT2D eigenvalue weighted by molar-refractivity contribution is 6.31. The summed E-state index contributed by atoms with van der Waals surface area (Å²) in [7, 11) is 0. The molecule has 0 radical (unpaired) electrons. The predicted octanol–water partition coefficient (Wildman–Crippen LogP) is 4.90. The Labute approximate surface area is 151 Å². The van der Waals surface area contributed by atoms with Crippen molar-refractivity contribution in [2.75, 3.05) is 0 Å². The van der Waals surface area contributed by atoms with Crippen LogP contribution >= 0.6 is 11.6 Å². The Morgan fingerprint density at radius 1 is 0.880 bits per heavy atom. The molecule has 1 N–H and O–H groups in total. The van der Waals surface area contributed by atoms with Gasteiger partial charge in [-0.15, -0.1) is 0 Å². The maximum absolute atomic E-state index is 9.23. The smallest absolute Gasteiger partial charge is 0.100 e. The van der Waals surface area contributed by atoms with Crippen LogP contribution in [-0.2, 0) is 13.2 Å². The molecule has 4 aromatic rings. The van der Waals surface area contributed by atoms with Gasteiger partial charge in [0.25, 0.3) is 0 Å². The van der Waals surface area contributed by atoms with Crippen LogP contribution < -0.4 is 0 Å². The van der Waals surface area contributed by atoms with Gasteiger partial charge in [0.15, 0.2) is 0 Å². The molecule has 0 amide bonds. The quantitative estimate of drug-likeness (QED) is 0.569. The van der Waals surface area contributed by atoms with E-state index in [9.17, 15) is 5.11 Å². The topological polar surface area (TPSA) is 38.1 Å². The molecule has 1 heterocycles. The van der Waals surface area contributed by atoms with E-state index in [1.165, 1.54) is 0 Å². The van der Waals surface area contributed by atoms with E-state index in [0.29, 0.717) is 6.54 Å². The molecule has 0 aliphatic carbocycles. The first-order chi connectivity index (χ1) is 12.3. The molecule has 0 atom stereocenters. The number of halogens is 1. The summed E-state index contributed by atoms with van der Waals surface area (Å²) in [5.41, 5.74) is 4.98. The zero-order valence-electron chi connectivity index (χ0n) is 13.6. The van der Waals surface area contributed by atoms with Crippen LogP contribution in [0.2, 0.25) is 5.02 Å². The molecule has 0 fully saturated rings. The van der Waals surface area contributed by atoms with E-state index < -0.39 is 0 Å². The first kappa shape index (κ1) is 15.9. The molecule has 0 unspecified atom stereocenters. The molecule has 0 aliphatic heterocycles. The van der Waals surface area contributed by atoms with E-state index in [-0.39, 0.29) is 6.61 Å². The Morgan fingerprint density at radius 3 is 2.36 bits per heavy atom. The van der Waals surface area contributed by atoms with E-state index >= 15 is 0 Å². The summed E-state index contributed by atoms with van der Waals surface area (Å²) in [5.74, 6) is 0. The van der Waals surface area contributed by atoms with Gasteiger partial charge in [-0.05, 0) is 23.3 Å². The van der Waals surface area contributed by atoms with E-state index in [1.54, 1.807) is 0 Å². The van der Waals surface area contributed by atoms with E-state index in [2.05, 4.69) is 12.1 Å². The van der Waals surface area contributed by atoms with E-state index in [1.807, 2.05) is 65.3 Å². The number of fused-ring (bicyclic) bond motifs is 1. The molecule has 4 heteroatoms. The second-order valence-corrected chi connectivity index (χ2v) is 6.38. The Hall–Kier alpha value is -2.62. The van der Waals surface area contributed by atoms with Crippen molar-refractivity contribution in [3.8, 4) is 11.3 Å². The molecule has 124 valence electrons. The zero-order chi connectivity index (χ0) is 17.2. The monoisotopic (exact) mass is 348 g/mol. The highest BCUT2D eigenvalue weighted by Crippen LogP contribution is 2.29. The maximum Gasteiger partial charge on any atom is 0.100 e. The van der Waals surface area contributed by atoms with Crippen molar-refractivity contribution < 1.29 is 5.11 Å². The van der Waals surface area contributed by atoms with Gasteiger partial charge < -0.3 is 5.11 Å². The van der Waals surface area contributed by atoms with Crippen LogP contribution in [0.4, 0.5) is 0 Å². The zero-order valence-corrected chi connectivity index (χ0v) is 14.3. The minimum Gasteiger partial charge on any atom is -0.392 e. The molecule has 0 spiro atoms. The number of rotatable bonds is 4. The lowest BCUT2D eigenvalue weighted by Crippen LogP contribution is -2.02. The summed E-state index contributed by atoms with van der Waals surface area (Å²) < 4.78 is 1.99. The van der Waals surface area contributed by atoms with Gasteiger partial charge in [-0.2, -0.15) is 5.10 Å². The number of aromatic nitrogens is 2. The van der Waals surface area contributed by atoms with Crippen LogP contribution in [-0.4, -0.2) is 14.9 Å². The van der Waals surface area contributed by atoms with E-state index in [0.717, 1.165) is 38.3 Å². The molecule has 3 aromatic carbocycles. The lowest BCUT2D eigenvalue weighted by atomic mass is 10.1. The van der Waals surface area contributed by atoms with E-state index in [4.69, 9.17) is 16.7 Å². The Balaban J connectivity index is 1.82. The third-order valence-corrected chi connectivity index (χ3v) is 4.71. The fraction of sp³-hybridized carbons (Fsp3) is 0.0952. The lowest BCUT2D eigenvalue weighted by molar-refractivity contribution is 0.282. The number of benzene rings is 3. The second-order valence-electron chi connectivity index (χ2n) is 5.97. The number of hydrogen-bond donors (Lipinski definition) is 1. The molecule has 4 rings (SSSR count). The van der Waals surface area contributed by atoms with Crippen LogP contribution in [0, 0.1) is 0 Å². The van der Waals surface area contributed by atoms with Crippen molar-refractivity contribution in [3.05, 3.63) is 88.9 Å². The first-order valence-corrected chi connectivity index (χ1v) is 8.53. The van der Waals surface area contributed by atoms with Gasteiger partial charge in [-0.25, -0.2) is 0 Å². The van der Waals surface area contributed by atoms with Gasteiger partial charge in [-0.3, -0.25) is 4.68 Å². The summed E-state index contributed by atoms with van der Waals surface area (Å²) in [6, 6.07) is 23.9. The van der Waals surface area contributed by atoms with Crippen LogP contribution in [0.5, 0.6) is 0 Å². The summed E-state index contributed by atoms with van der Waals surface area (Å²) in [6.45, 7) is 0.664. The van der Waals surface area contributed by atoms with Gasteiger partial charge in [0.2, 0.25) is 0 Å². The number of hydrogen-bond acceptors (Lipinski definition) is 2. The summed E-state index contributed by atoms with van der Waals surface area (Å²) >= 11 is 6.32. The molecule has 1 aromatic heterocycles. The largest absolute Gasteiger partial charge is 0.392 e. The van der Waals surface area contributed by atoms with Gasteiger partial charge in [0.05, 0.1) is 18.7 Å². The van der Waals surface area contributed by atoms with Gasteiger partial charge >= 0.3 is 0 Å². The Kier molecular flexibility index (Phi) is 4.26. The fourth-order valence-corrected chi connectivity index (χ4v) is 3.21. The van der Waals surface area contributed by atoms with Crippen molar-refractivity contribution in [3.63, 3.8) is 0 Å². The van der Waals surface area contributed by atoms with Crippen molar-refractivity contribution in [2.45, 2.75) is 13.2 Å². The van der Waals surface area contributed by atoms with Crippen molar-refractivity contribution >= 4 is 22.5 Å². The number of para-hydroxylation sites is 1. The van der Waals surface area contributed by atoms with Crippen molar-refractivity contribution in [2.24, 2.45) is 0 Å². The molecule has 0 bridgehead atoms. The van der Waals surface area contributed by atoms with Crippen LogP contribution in [0.15, 0.2) is 72.8 Å². The minimum absolute atomic E-state index is 0.0436. The highest BCUT2D eigenvalue weighted by Gasteiger charge is 2.13. The minimum atomic E-state index is 0.0436. The number of nitrogens with zero attached hydrogens (tertiary/aromatic N) is 2. The van der Waals surface area contributed by atoms with Crippen LogP contribution in [0.1, 0.15) is 11.1 Å². The molecule has 25 heavy (non-hydrogen) atoms. The summed E-state index contributed by atoms with van der Waals surface area (Å²) in [5, 5.41) is 15.9. The fourth-order valence-electron chi connectivity index (χ4n) is 3.02. The second kappa shape index (κ2) is 6.71. The summed E-state index contributed by atoms with van der Waals surface area (Å²) in [6.07, 6.45) is 0. The SMILES string of the molecule is OCc1ccc(-c2nn(Cc3ccccc3Cl)c3ccccc23)cc1. The van der Waals surface area contributed by atoms with Gasteiger partial charge in [-0.1, -0.05) is 72.3 Å². The van der Waals surface area contributed by atoms with Crippen LogP contribution in [0.25, 0.3) is 22.2 Å². The average molecular weight is 349 g/mol. The molecule has 0 aliphatic rings. The Bertz CT molecular complexity index is 1020. The third kappa shape index (κ3) is 3.04. The highest BCUT2D eigenvalue weighted by atomic mass is 35.5. The van der Waals surface area contributed by atoms with Gasteiger partial charge in [0.1, 0.15) is 5.69 Å². The predicted molar refractivity (Wildman–Crippen MR) is 102 cm³/mol. The summed E-state index contributed by atoms with van der Waals surface area (Å²) in [4.78, 5) is 0. The first-order valence-electron chi connectivity index (χ1n) is 8.15. The Morgan fingerprint density at radius 2 is 1.60 bits per heavy atom. The molecule has 0 saturated heterocycles. The average Bonchev–Trinajstić information content (AvgIpc) is 3.02. The van der Waals surface area contributed by atoms with Crippen molar-refractivity contribution in [1.82, 2.24) is 9.78 Å². The molecular formula is C21H17ClN2O. The molecule has 3 nitrogen and oxygen atoms in total. The number of aliphatic hydroxyl groups excluding tert-OH is 1. The third-order valence-electron chi connectivity index (χ3n) is 4.35. The molecular weight excluding hydrogens is 332 g/mol. The standard InChI is InChI=1S/C21H17ClN2O/c22-19-7-3-1-5-17(19)13-24-20-8-4-2-6-18(20)21(23-24)16-11-9-15(14-25)10-12-16/h1-12,25H,13-14H2. The molecule has 0 saturated carbocycles. The maximum atomic E-state index is 9.23. The normalized spacial score (nSPS) is 11.1. The van der Waals surface area contributed by atoms with Crippen LogP contribution in [0.3, 0.4) is 0 Å².